The highest BCUT2D eigenvalue weighted by molar-refractivity contribution is 5.09. The molecule has 2 rings (SSSR count). The van der Waals surface area contributed by atoms with Crippen molar-refractivity contribution >= 4 is 0 Å². The Morgan fingerprint density at radius 2 is 1.72 bits per heavy atom. The molecule has 0 radical (unpaired) electrons. The molecule has 2 fully saturated rings. The zero-order chi connectivity index (χ0) is 13.7. The van der Waals surface area contributed by atoms with Gasteiger partial charge in [-0.3, -0.25) is 0 Å². The van der Waals surface area contributed by atoms with E-state index in [0.29, 0.717) is 24.7 Å². The summed E-state index contributed by atoms with van der Waals surface area (Å²) < 4.78 is 0. The molecule has 0 heterocycles. The van der Waals surface area contributed by atoms with Crippen LogP contribution < -0.4 is 0 Å². The molecule has 0 unspecified atom stereocenters. The fraction of sp³-hybridized carbons (Fsp3) is 1.00. The number of aliphatic hydroxyl groups is 3. The van der Waals surface area contributed by atoms with E-state index in [4.69, 9.17) is 0 Å². The van der Waals surface area contributed by atoms with Gasteiger partial charge in [-0.2, -0.15) is 0 Å². The van der Waals surface area contributed by atoms with Crippen LogP contribution in [0.5, 0.6) is 0 Å². The lowest BCUT2D eigenvalue weighted by Gasteiger charge is -2.57. The third kappa shape index (κ3) is 2.00. The molecule has 0 aromatic rings. The Hall–Kier alpha value is -0.120. The van der Waals surface area contributed by atoms with Gasteiger partial charge in [-0.25, -0.2) is 0 Å². The first-order valence-corrected chi connectivity index (χ1v) is 7.33. The van der Waals surface area contributed by atoms with E-state index in [1.807, 2.05) is 0 Å². The molecule has 3 nitrogen and oxygen atoms in total. The summed E-state index contributed by atoms with van der Waals surface area (Å²) in [5.41, 5.74) is -1.85. The van der Waals surface area contributed by atoms with Crippen molar-refractivity contribution in [2.75, 3.05) is 0 Å². The van der Waals surface area contributed by atoms with Crippen LogP contribution in [0.4, 0.5) is 0 Å². The van der Waals surface area contributed by atoms with Crippen LogP contribution in [0, 0.1) is 23.7 Å². The Labute approximate surface area is 110 Å². The summed E-state index contributed by atoms with van der Waals surface area (Å²) in [6.07, 6.45) is 2.33. The Morgan fingerprint density at radius 1 is 1.11 bits per heavy atom. The van der Waals surface area contributed by atoms with E-state index in [1.54, 1.807) is 6.92 Å². The lowest BCUT2D eigenvalue weighted by atomic mass is 9.53. The first-order valence-electron chi connectivity index (χ1n) is 7.33. The van der Waals surface area contributed by atoms with Crippen LogP contribution in [-0.4, -0.2) is 32.6 Å². The molecular weight excluding hydrogens is 228 g/mol. The fourth-order valence-corrected chi connectivity index (χ4v) is 4.23. The molecule has 0 aromatic heterocycles. The standard InChI is InChI=1S/C15H28O3/c1-9(2)11-6-5-10(3)15(18)8-7-14(4,17)13(16)12(11)15/h9-13,16-18H,5-8H2,1-4H3/t10-,11+,12-,13-,14-,15-/m1/s1. The van der Waals surface area contributed by atoms with Gasteiger partial charge >= 0.3 is 0 Å². The Morgan fingerprint density at radius 3 is 2.28 bits per heavy atom. The molecule has 18 heavy (non-hydrogen) atoms. The normalized spacial score (nSPS) is 53.3. The second-order valence-corrected chi connectivity index (χ2v) is 7.21. The topological polar surface area (TPSA) is 60.7 Å². The SMILES string of the molecule is CC(C)[C@@H]1CC[C@@H](C)[C@]2(O)CC[C@@](C)(O)[C@H](O)[C@@H]12. The molecule has 2 aliphatic carbocycles. The first-order chi connectivity index (χ1) is 8.20. The van der Waals surface area contributed by atoms with Gasteiger partial charge in [-0.05, 0) is 50.4 Å². The van der Waals surface area contributed by atoms with Gasteiger partial charge in [0.2, 0.25) is 0 Å². The monoisotopic (exact) mass is 256 g/mol. The van der Waals surface area contributed by atoms with E-state index in [1.165, 1.54) is 0 Å². The van der Waals surface area contributed by atoms with E-state index < -0.39 is 17.3 Å². The second kappa shape index (κ2) is 4.46. The molecule has 6 atom stereocenters. The van der Waals surface area contributed by atoms with Gasteiger partial charge in [0.05, 0.1) is 17.3 Å². The number of hydrogen-bond donors (Lipinski definition) is 3. The fourth-order valence-electron chi connectivity index (χ4n) is 4.23. The first kappa shape index (κ1) is 14.3. The average Bonchev–Trinajstić information content (AvgIpc) is 2.27. The van der Waals surface area contributed by atoms with Crippen LogP contribution in [0.2, 0.25) is 0 Å². The van der Waals surface area contributed by atoms with Crippen molar-refractivity contribution in [1.29, 1.82) is 0 Å². The van der Waals surface area contributed by atoms with E-state index in [0.717, 1.165) is 12.8 Å². The summed E-state index contributed by atoms with van der Waals surface area (Å²) in [5.74, 6) is 0.749. The molecule has 0 spiro atoms. The van der Waals surface area contributed by atoms with Gasteiger partial charge in [-0.15, -0.1) is 0 Å². The summed E-state index contributed by atoms with van der Waals surface area (Å²) in [6.45, 7) is 8.08. The molecule has 0 amide bonds. The number of aliphatic hydroxyl groups excluding tert-OH is 1. The zero-order valence-electron chi connectivity index (χ0n) is 12.1. The maximum atomic E-state index is 11.0. The maximum Gasteiger partial charge on any atom is 0.0882 e. The minimum atomic E-state index is -1.05. The van der Waals surface area contributed by atoms with Gasteiger partial charge in [0.25, 0.3) is 0 Å². The van der Waals surface area contributed by atoms with Crippen LogP contribution >= 0.6 is 0 Å². The van der Waals surface area contributed by atoms with Crippen molar-refractivity contribution in [3.63, 3.8) is 0 Å². The summed E-state index contributed by atoms with van der Waals surface area (Å²) in [5, 5.41) is 31.9. The predicted molar refractivity (Wildman–Crippen MR) is 71.0 cm³/mol. The molecular formula is C15H28O3. The second-order valence-electron chi connectivity index (χ2n) is 7.21. The van der Waals surface area contributed by atoms with Gasteiger partial charge in [0, 0.05) is 5.92 Å². The minimum Gasteiger partial charge on any atom is -0.390 e. The van der Waals surface area contributed by atoms with Crippen LogP contribution in [0.3, 0.4) is 0 Å². The molecule has 106 valence electrons. The average molecular weight is 256 g/mol. The number of hydrogen-bond acceptors (Lipinski definition) is 3. The number of rotatable bonds is 1. The van der Waals surface area contributed by atoms with Crippen molar-refractivity contribution in [3.05, 3.63) is 0 Å². The third-order valence-corrected chi connectivity index (χ3v) is 5.69. The largest absolute Gasteiger partial charge is 0.390 e. The Kier molecular flexibility index (Phi) is 3.54. The molecule has 0 aromatic carbocycles. The molecule has 2 saturated carbocycles. The molecule has 2 aliphatic rings. The predicted octanol–water partition coefficient (Wildman–Crippen LogP) is 1.94. The Balaban J connectivity index is 2.37. The third-order valence-electron chi connectivity index (χ3n) is 5.69. The van der Waals surface area contributed by atoms with Crippen molar-refractivity contribution in [3.8, 4) is 0 Å². The molecule has 0 aliphatic heterocycles. The molecule has 0 bridgehead atoms. The van der Waals surface area contributed by atoms with Crippen molar-refractivity contribution in [2.45, 2.75) is 70.7 Å². The highest BCUT2D eigenvalue weighted by Crippen LogP contribution is 2.53. The van der Waals surface area contributed by atoms with Crippen LogP contribution in [0.15, 0.2) is 0 Å². The minimum absolute atomic E-state index is 0.190. The zero-order valence-corrected chi connectivity index (χ0v) is 12.1. The summed E-state index contributed by atoms with van der Waals surface area (Å²) in [7, 11) is 0. The highest BCUT2D eigenvalue weighted by atomic mass is 16.3. The van der Waals surface area contributed by atoms with Gasteiger partial charge in [0.15, 0.2) is 0 Å². The summed E-state index contributed by atoms with van der Waals surface area (Å²) in [4.78, 5) is 0. The van der Waals surface area contributed by atoms with E-state index in [9.17, 15) is 15.3 Å². The van der Waals surface area contributed by atoms with Crippen LogP contribution in [0.25, 0.3) is 0 Å². The number of fused-ring (bicyclic) bond motifs is 1. The molecule has 3 heteroatoms. The molecule has 0 saturated heterocycles. The Bertz CT molecular complexity index is 311. The van der Waals surface area contributed by atoms with Crippen molar-refractivity contribution in [1.82, 2.24) is 0 Å². The van der Waals surface area contributed by atoms with Crippen LogP contribution in [0.1, 0.15) is 53.4 Å². The van der Waals surface area contributed by atoms with E-state index >= 15 is 0 Å². The summed E-state index contributed by atoms with van der Waals surface area (Å²) >= 11 is 0. The van der Waals surface area contributed by atoms with Gasteiger partial charge < -0.3 is 15.3 Å². The quantitative estimate of drug-likeness (QED) is 0.672. The van der Waals surface area contributed by atoms with Gasteiger partial charge in [-0.1, -0.05) is 20.8 Å². The maximum absolute atomic E-state index is 11.0. The van der Waals surface area contributed by atoms with Crippen molar-refractivity contribution < 1.29 is 15.3 Å². The van der Waals surface area contributed by atoms with Gasteiger partial charge in [0.1, 0.15) is 0 Å². The van der Waals surface area contributed by atoms with E-state index in [2.05, 4.69) is 20.8 Å². The lowest BCUT2D eigenvalue weighted by Crippen LogP contribution is -2.65. The van der Waals surface area contributed by atoms with E-state index in [-0.39, 0.29) is 11.8 Å². The van der Waals surface area contributed by atoms with Crippen LogP contribution in [-0.2, 0) is 0 Å². The highest BCUT2D eigenvalue weighted by Gasteiger charge is 2.59. The summed E-state index contributed by atoms with van der Waals surface area (Å²) in [6, 6.07) is 0. The smallest absolute Gasteiger partial charge is 0.0882 e. The lowest BCUT2D eigenvalue weighted by molar-refractivity contribution is -0.236. The van der Waals surface area contributed by atoms with Crippen molar-refractivity contribution in [2.24, 2.45) is 23.7 Å². The molecule has 3 N–H and O–H groups in total.